The Morgan fingerprint density at radius 2 is 1.72 bits per heavy atom. The van der Waals surface area contributed by atoms with Crippen molar-refractivity contribution >= 4 is 20.0 Å². The number of rotatable bonds is 13. The molecule has 3 aromatic rings. The molecule has 0 aromatic heterocycles. The molecule has 2 fully saturated rings. The molecule has 12 nitrogen and oxygen atoms in total. The van der Waals surface area contributed by atoms with Crippen LogP contribution in [-0.2, 0) is 31.3 Å². The molecule has 3 aromatic carbocycles. The Morgan fingerprint density at radius 3 is 2.39 bits per heavy atom. The number of nitrogens with one attached hydrogen (secondary N) is 2. The van der Waals surface area contributed by atoms with Crippen LogP contribution in [0, 0.1) is 0 Å². The molecular weight excluding hydrogens is 633 g/mol. The van der Waals surface area contributed by atoms with E-state index in [1.165, 1.54) is 30.6 Å². The third-order valence-electron chi connectivity index (χ3n) is 8.59. The normalized spacial score (nSPS) is 19.3. The van der Waals surface area contributed by atoms with Gasteiger partial charge in [-0.05, 0) is 67.3 Å². The minimum absolute atomic E-state index is 0.00601. The van der Waals surface area contributed by atoms with E-state index in [-0.39, 0.29) is 29.0 Å². The van der Waals surface area contributed by atoms with E-state index in [1.807, 2.05) is 30.3 Å². The van der Waals surface area contributed by atoms with Gasteiger partial charge in [0.1, 0.15) is 24.2 Å². The molecular formula is C32H42N4O8S2. The first-order valence-electron chi connectivity index (χ1n) is 15.2. The van der Waals surface area contributed by atoms with Crippen LogP contribution >= 0.6 is 0 Å². The highest BCUT2D eigenvalue weighted by molar-refractivity contribution is 7.89. The van der Waals surface area contributed by atoms with Crippen molar-refractivity contribution in [1.29, 1.82) is 0 Å². The Morgan fingerprint density at radius 1 is 1.00 bits per heavy atom. The van der Waals surface area contributed by atoms with Crippen LogP contribution in [0.15, 0.2) is 76.5 Å². The third-order valence-corrected chi connectivity index (χ3v) is 11.9. The van der Waals surface area contributed by atoms with Crippen LogP contribution < -0.4 is 25.2 Å². The van der Waals surface area contributed by atoms with Gasteiger partial charge in [-0.3, -0.25) is 0 Å². The van der Waals surface area contributed by atoms with Crippen LogP contribution in [0.3, 0.4) is 0 Å². The average Bonchev–Trinajstić information content (AvgIpc) is 3.48. The molecule has 5 N–H and O–H groups in total. The predicted molar refractivity (Wildman–Crippen MR) is 174 cm³/mol. The van der Waals surface area contributed by atoms with Crippen molar-refractivity contribution in [3.05, 3.63) is 72.3 Å². The maximum atomic E-state index is 13.8. The fourth-order valence-corrected chi connectivity index (χ4v) is 8.12. The standard InChI is InChI=1S/C32H42N4O8S2/c1-34-45(38,39)30-5-3-4-28(16-30)43-22-27(37)20-35-26-18-32(44-21-26)10-12-36(13-11-32)46(40,41)31-15-25(14-29(17-31)42-2)24-8-6-23(19-33)7-9-24/h3-9,14-17,26-27,34-35,37H,10-13,18-22,33H2,1-2H3. The molecule has 5 rings (SSSR count). The molecule has 250 valence electrons. The molecule has 2 saturated heterocycles. The molecule has 2 heterocycles. The summed E-state index contributed by atoms with van der Waals surface area (Å²) in [6.45, 7) is 1.76. The highest BCUT2D eigenvalue weighted by atomic mass is 32.2. The Kier molecular flexibility index (Phi) is 10.7. The van der Waals surface area contributed by atoms with Crippen LogP contribution in [-0.4, -0.2) is 91.0 Å². The number of methoxy groups -OCH3 is 1. The number of ether oxygens (including phenoxy) is 3. The van der Waals surface area contributed by atoms with Crippen molar-refractivity contribution in [1.82, 2.24) is 14.3 Å². The molecule has 0 aliphatic carbocycles. The van der Waals surface area contributed by atoms with E-state index < -0.39 is 31.8 Å². The van der Waals surface area contributed by atoms with E-state index in [9.17, 15) is 21.9 Å². The van der Waals surface area contributed by atoms with Crippen molar-refractivity contribution in [3.63, 3.8) is 0 Å². The van der Waals surface area contributed by atoms with Crippen molar-refractivity contribution in [2.45, 2.75) is 53.3 Å². The van der Waals surface area contributed by atoms with Crippen LogP contribution in [0.1, 0.15) is 24.8 Å². The van der Waals surface area contributed by atoms with Gasteiger partial charge in [0.25, 0.3) is 0 Å². The second kappa shape index (κ2) is 14.4. The number of aliphatic hydroxyl groups is 1. The average molecular weight is 675 g/mol. The molecule has 1 spiro atoms. The second-order valence-corrected chi connectivity index (χ2v) is 15.5. The molecule has 46 heavy (non-hydrogen) atoms. The van der Waals surface area contributed by atoms with E-state index in [1.54, 1.807) is 24.3 Å². The number of hydrogen-bond donors (Lipinski definition) is 4. The first kappa shape index (κ1) is 34.3. The molecule has 2 aliphatic heterocycles. The van der Waals surface area contributed by atoms with Crippen LogP contribution in [0.5, 0.6) is 11.5 Å². The molecule has 2 aliphatic rings. The largest absolute Gasteiger partial charge is 0.497 e. The van der Waals surface area contributed by atoms with Gasteiger partial charge in [0.2, 0.25) is 20.0 Å². The summed E-state index contributed by atoms with van der Waals surface area (Å²) in [5.41, 5.74) is 7.89. The van der Waals surface area contributed by atoms with E-state index >= 15 is 0 Å². The Bertz CT molecular complexity index is 1710. The highest BCUT2D eigenvalue weighted by Gasteiger charge is 2.44. The number of benzene rings is 3. The zero-order valence-corrected chi connectivity index (χ0v) is 27.6. The zero-order valence-electron chi connectivity index (χ0n) is 26.0. The van der Waals surface area contributed by atoms with Gasteiger partial charge in [-0.1, -0.05) is 30.3 Å². The summed E-state index contributed by atoms with van der Waals surface area (Å²) in [5.74, 6) is 0.801. The number of hydrogen-bond acceptors (Lipinski definition) is 10. The lowest BCUT2D eigenvalue weighted by atomic mass is 9.88. The number of sulfonamides is 2. The molecule has 0 amide bonds. The molecule has 2 atom stereocenters. The summed E-state index contributed by atoms with van der Waals surface area (Å²) < 4.78 is 72.6. The molecule has 0 bridgehead atoms. The summed E-state index contributed by atoms with van der Waals surface area (Å²) in [6.07, 6.45) is 0.971. The van der Waals surface area contributed by atoms with Crippen LogP contribution in [0.25, 0.3) is 11.1 Å². The minimum atomic E-state index is -3.78. The number of aliphatic hydroxyl groups excluding tert-OH is 1. The predicted octanol–water partition coefficient (Wildman–Crippen LogP) is 2.07. The summed E-state index contributed by atoms with van der Waals surface area (Å²) in [6, 6.07) is 18.8. The van der Waals surface area contributed by atoms with E-state index in [4.69, 9.17) is 19.9 Å². The monoisotopic (exact) mass is 674 g/mol. The second-order valence-electron chi connectivity index (χ2n) is 11.7. The van der Waals surface area contributed by atoms with Gasteiger partial charge in [-0.15, -0.1) is 0 Å². The van der Waals surface area contributed by atoms with E-state index in [2.05, 4.69) is 10.0 Å². The lowest BCUT2D eigenvalue weighted by molar-refractivity contribution is -0.0312. The van der Waals surface area contributed by atoms with Gasteiger partial charge in [0.05, 0.1) is 29.1 Å². The number of nitrogens with two attached hydrogens (primary N) is 1. The van der Waals surface area contributed by atoms with Crippen molar-refractivity contribution in [2.24, 2.45) is 5.73 Å². The fraction of sp³-hybridized carbons (Fsp3) is 0.438. The van der Waals surface area contributed by atoms with Crippen LogP contribution in [0.2, 0.25) is 0 Å². The lowest BCUT2D eigenvalue weighted by Gasteiger charge is -2.38. The molecule has 14 heteroatoms. The Hall–Kier alpha value is -3.08. The smallest absolute Gasteiger partial charge is 0.243 e. The maximum absolute atomic E-state index is 13.8. The van der Waals surface area contributed by atoms with Crippen molar-refractivity contribution < 1.29 is 36.2 Å². The quantitative estimate of drug-likeness (QED) is 0.211. The summed E-state index contributed by atoms with van der Waals surface area (Å²) in [4.78, 5) is 0.258. The summed E-state index contributed by atoms with van der Waals surface area (Å²) in [5, 5.41) is 13.8. The van der Waals surface area contributed by atoms with Crippen LogP contribution in [0.4, 0.5) is 0 Å². The van der Waals surface area contributed by atoms with Crippen molar-refractivity contribution in [3.8, 4) is 22.6 Å². The molecule has 0 saturated carbocycles. The maximum Gasteiger partial charge on any atom is 0.243 e. The van der Waals surface area contributed by atoms with Gasteiger partial charge < -0.3 is 30.4 Å². The first-order chi connectivity index (χ1) is 22.0. The topological polar surface area (TPSA) is 170 Å². The Labute approximate surface area is 270 Å². The lowest BCUT2D eigenvalue weighted by Crippen LogP contribution is -2.47. The SMILES string of the molecule is CNS(=O)(=O)c1cccc(OCC(O)CNC2COC3(CCN(S(=O)(=O)c4cc(OC)cc(-c5ccc(CN)cc5)c4)CC3)C2)c1. The van der Waals surface area contributed by atoms with Gasteiger partial charge in [-0.25, -0.2) is 21.6 Å². The third kappa shape index (κ3) is 7.89. The van der Waals surface area contributed by atoms with E-state index in [0.717, 1.165) is 16.7 Å². The summed E-state index contributed by atoms with van der Waals surface area (Å²) in [7, 11) is -4.53. The highest BCUT2D eigenvalue weighted by Crippen LogP contribution is 2.38. The summed E-state index contributed by atoms with van der Waals surface area (Å²) >= 11 is 0. The number of nitrogens with zero attached hydrogens (tertiary/aromatic N) is 1. The molecule has 0 radical (unpaired) electrons. The number of piperidine rings is 1. The van der Waals surface area contributed by atoms with Crippen molar-refractivity contribution in [2.75, 3.05) is 47.0 Å². The fourth-order valence-electron chi connectivity index (χ4n) is 5.85. The molecule has 2 unspecified atom stereocenters. The van der Waals surface area contributed by atoms with Gasteiger partial charge >= 0.3 is 0 Å². The first-order valence-corrected chi connectivity index (χ1v) is 18.1. The van der Waals surface area contributed by atoms with Gasteiger partial charge in [0.15, 0.2) is 0 Å². The Balaban J connectivity index is 1.14. The van der Waals surface area contributed by atoms with Gasteiger partial charge in [-0.2, -0.15) is 4.31 Å². The van der Waals surface area contributed by atoms with E-state index in [0.29, 0.717) is 57.0 Å². The zero-order chi connectivity index (χ0) is 33.0. The minimum Gasteiger partial charge on any atom is -0.497 e. The van der Waals surface area contributed by atoms with Gasteiger partial charge in [0, 0.05) is 44.4 Å².